The number of aryl methyl sites for hydroxylation is 2. The second-order valence-corrected chi connectivity index (χ2v) is 6.94. The molecule has 0 amide bonds. The van der Waals surface area contributed by atoms with Gasteiger partial charge in [-0.1, -0.05) is 6.92 Å². The summed E-state index contributed by atoms with van der Waals surface area (Å²) < 4.78 is 2.28. The summed E-state index contributed by atoms with van der Waals surface area (Å²) in [4.78, 5) is 14.0. The minimum atomic E-state index is 0.532. The second-order valence-electron chi connectivity index (χ2n) is 6.94. The average Bonchev–Trinajstić information content (AvgIpc) is 3.04. The number of aromatic nitrogens is 3. The molecule has 5 heteroatoms. The van der Waals surface area contributed by atoms with E-state index in [-0.39, 0.29) is 0 Å². The maximum atomic E-state index is 4.69. The van der Waals surface area contributed by atoms with Crippen molar-refractivity contribution in [2.75, 3.05) is 31.1 Å². The van der Waals surface area contributed by atoms with Crippen LogP contribution in [0.5, 0.6) is 0 Å². The zero-order chi connectivity index (χ0) is 17.1. The van der Waals surface area contributed by atoms with E-state index in [4.69, 9.17) is 4.98 Å². The number of rotatable bonds is 5. The molecule has 0 unspecified atom stereocenters. The summed E-state index contributed by atoms with van der Waals surface area (Å²) in [6.07, 6.45) is 7.44. The fraction of sp³-hybridized carbons (Fsp3) is 0.579. The molecule has 1 fully saturated rings. The van der Waals surface area contributed by atoms with E-state index >= 15 is 0 Å². The van der Waals surface area contributed by atoms with E-state index < -0.39 is 0 Å². The van der Waals surface area contributed by atoms with Crippen molar-refractivity contribution in [2.45, 2.75) is 46.7 Å². The molecule has 1 aliphatic rings. The quantitative estimate of drug-likeness (QED) is 0.846. The highest BCUT2D eigenvalue weighted by Crippen LogP contribution is 2.20. The molecule has 2 aromatic heterocycles. The molecule has 0 aromatic carbocycles. The highest BCUT2D eigenvalue weighted by atomic mass is 15.3. The van der Waals surface area contributed by atoms with Crippen molar-refractivity contribution in [1.29, 1.82) is 0 Å². The van der Waals surface area contributed by atoms with Crippen LogP contribution in [0.2, 0.25) is 0 Å². The Kier molecular flexibility index (Phi) is 5.19. The van der Waals surface area contributed by atoms with Gasteiger partial charge in [0.25, 0.3) is 0 Å². The van der Waals surface area contributed by atoms with E-state index in [0.29, 0.717) is 6.04 Å². The third-order valence-corrected chi connectivity index (χ3v) is 4.79. The van der Waals surface area contributed by atoms with E-state index in [1.54, 1.807) is 0 Å². The Hall–Kier alpha value is -1.88. The van der Waals surface area contributed by atoms with Gasteiger partial charge in [0.2, 0.25) is 0 Å². The average molecular weight is 327 g/mol. The summed E-state index contributed by atoms with van der Waals surface area (Å²) in [5.74, 6) is 2.00. The molecular weight excluding hydrogens is 298 g/mol. The first-order valence-electron chi connectivity index (χ1n) is 9.03. The Labute approximate surface area is 145 Å². The zero-order valence-electron chi connectivity index (χ0n) is 15.4. The lowest BCUT2D eigenvalue weighted by atomic mass is 10.2. The van der Waals surface area contributed by atoms with Crippen LogP contribution in [0, 0.1) is 6.92 Å². The Morgan fingerprint density at radius 1 is 1.17 bits per heavy atom. The molecule has 5 nitrogen and oxygen atoms in total. The van der Waals surface area contributed by atoms with Crippen molar-refractivity contribution in [3.05, 3.63) is 41.6 Å². The molecule has 0 saturated carbocycles. The van der Waals surface area contributed by atoms with Gasteiger partial charge < -0.3 is 9.47 Å². The molecule has 0 N–H and O–H groups in total. The molecule has 0 aliphatic carbocycles. The molecular formula is C19H29N5. The van der Waals surface area contributed by atoms with Crippen LogP contribution in [-0.2, 0) is 13.0 Å². The topological polar surface area (TPSA) is 37.2 Å². The lowest BCUT2D eigenvalue weighted by Crippen LogP contribution is -2.46. The van der Waals surface area contributed by atoms with Crippen LogP contribution in [0.15, 0.2) is 24.7 Å². The number of hydrogen-bond donors (Lipinski definition) is 0. The predicted octanol–water partition coefficient (Wildman–Crippen LogP) is 3.05. The number of hydrogen-bond acceptors (Lipinski definition) is 4. The molecule has 130 valence electrons. The van der Waals surface area contributed by atoms with Gasteiger partial charge >= 0.3 is 0 Å². The summed E-state index contributed by atoms with van der Waals surface area (Å²) in [7, 11) is 0. The maximum absolute atomic E-state index is 4.69. The van der Waals surface area contributed by atoms with Gasteiger partial charge in [-0.15, -0.1) is 0 Å². The third kappa shape index (κ3) is 3.78. The zero-order valence-corrected chi connectivity index (χ0v) is 15.4. The van der Waals surface area contributed by atoms with Crippen molar-refractivity contribution < 1.29 is 0 Å². The highest BCUT2D eigenvalue weighted by molar-refractivity contribution is 5.46. The van der Waals surface area contributed by atoms with E-state index in [9.17, 15) is 0 Å². The summed E-state index contributed by atoms with van der Waals surface area (Å²) in [6.45, 7) is 13.9. The Balaban J connectivity index is 1.60. The Morgan fingerprint density at radius 2 is 1.92 bits per heavy atom. The summed E-state index contributed by atoms with van der Waals surface area (Å²) in [6, 6.07) is 2.78. The fourth-order valence-corrected chi connectivity index (χ4v) is 3.26. The minimum absolute atomic E-state index is 0.532. The van der Waals surface area contributed by atoms with Crippen LogP contribution in [-0.4, -0.2) is 45.6 Å². The first-order chi connectivity index (χ1) is 11.6. The number of anilines is 1. The standard InChI is InChI=1S/C19H29N5/c1-5-18-12-20-16(4)21-19(18)23-10-8-22(9-11-23)13-17-6-7-24(14-17)15(2)3/h6-7,12,14-15H,5,8-11,13H2,1-4H3. The molecule has 0 atom stereocenters. The largest absolute Gasteiger partial charge is 0.354 e. The van der Waals surface area contributed by atoms with Crippen LogP contribution in [0.25, 0.3) is 0 Å². The van der Waals surface area contributed by atoms with Crippen molar-refractivity contribution in [3.63, 3.8) is 0 Å². The van der Waals surface area contributed by atoms with E-state index in [0.717, 1.165) is 50.8 Å². The molecule has 3 heterocycles. The monoisotopic (exact) mass is 327 g/mol. The van der Waals surface area contributed by atoms with Gasteiger partial charge in [0.1, 0.15) is 11.6 Å². The van der Waals surface area contributed by atoms with Gasteiger partial charge in [-0.25, -0.2) is 9.97 Å². The smallest absolute Gasteiger partial charge is 0.135 e. The molecule has 1 saturated heterocycles. The Morgan fingerprint density at radius 3 is 2.54 bits per heavy atom. The predicted molar refractivity (Wildman–Crippen MR) is 98.5 cm³/mol. The van der Waals surface area contributed by atoms with Gasteiger partial charge in [-0.2, -0.15) is 0 Å². The maximum Gasteiger partial charge on any atom is 0.135 e. The van der Waals surface area contributed by atoms with Gasteiger partial charge in [-0.3, -0.25) is 4.90 Å². The summed E-state index contributed by atoms with van der Waals surface area (Å²) >= 11 is 0. The molecule has 0 radical (unpaired) electrons. The van der Waals surface area contributed by atoms with Crippen molar-refractivity contribution in [2.24, 2.45) is 0 Å². The number of nitrogens with zero attached hydrogens (tertiary/aromatic N) is 5. The molecule has 1 aliphatic heterocycles. The molecule has 0 bridgehead atoms. The van der Waals surface area contributed by atoms with Crippen LogP contribution in [0.1, 0.15) is 43.8 Å². The fourth-order valence-electron chi connectivity index (χ4n) is 3.26. The van der Waals surface area contributed by atoms with E-state index in [1.807, 2.05) is 13.1 Å². The van der Waals surface area contributed by atoms with Gasteiger partial charge in [0, 0.05) is 62.9 Å². The van der Waals surface area contributed by atoms with Crippen molar-refractivity contribution in [1.82, 2.24) is 19.4 Å². The third-order valence-electron chi connectivity index (χ3n) is 4.79. The van der Waals surface area contributed by atoms with Crippen LogP contribution in [0.4, 0.5) is 5.82 Å². The summed E-state index contributed by atoms with van der Waals surface area (Å²) in [5.41, 5.74) is 2.66. The van der Waals surface area contributed by atoms with Crippen molar-refractivity contribution in [3.8, 4) is 0 Å². The van der Waals surface area contributed by atoms with Crippen LogP contribution >= 0.6 is 0 Å². The van der Waals surface area contributed by atoms with E-state index in [2.05, 4.69) is 58.6 Å². The van der Waals surface area contributed by atoms with Crippen LogP contribution < -0.4 is 4.90 Å². The minimum Gasteiger partial charge on any atom is -0.354 e. The van der Waals surface area contributed by atoms with E-state index in [1.165, 1.54) is 11.1 Å². The first kappa shape index (κ1) is 17.0. The lowest BCUT2D eigenvalue weighted by Gasteiger charge is -2.36. The van der Waals surface area contributed by atoms with Crippen LogP contribution in [0.3, 0.4) is 0 Å². The summed E-state index contributed by atoms with van der Waals surface area (Å²) in [5, 5.41) is 0. The van der Waals surface area contributed by atoms with Gasteiger partial charge in [0.05, 0.1) is 0 Å². The Bertz CT molecular complexity index is 668. The molecule has 3 rings (SSSR count). The highest BCUT2D eigenvalue weighted by Gasteiger charge is 2.20. The lowest BCUT2D eigenvalue weighted by molar-refractivity contribution is 0.249. The molecule has 2 aromatic rings. The normalized spacial score (nSPS) is 16.1. The van der Waals surface area contributed by atoms with Crippen molar-refractivity contribution >= 4 is 5.82 Å². The van der Waals surface area contributed by atoms with Gasteiger partial charge in [0.15, 0.2) is 0 Å². The number of piperazine rings is 1. The first-order valence-corrected chi connectivity index (χ1v) is 9.03. The molecule has 0 spiro atoms. The SMILES string of the molecule is CCc1cnc(C)nc1N1CCN(Cc2ccn(C(C)C)c2)CC1. The molecule has 24 heavy (non-hydrogen) atoms. The van der Waals surface area contributed by atoms with Gasteiger partial charge in [-0.05, 0) is 38.8 Å². The second kappa shape index (κ2) is 7.34.